The monoisotopic (exact) mass is 420 g/mol. The quantitative estimate of drug-likeness (QED) is 0.644. The van der Waals surface area contributed by atoms with Crippen molar-refractivity contribution in [3.05, 3.63) is 69.7 Å². The minimum Gasteiger partial charge on any atom is -0.441 e. The third kappa shape index (κ3) is 3.79. The maximum atomic E-state index is 13.3. The van der Waals surface area contributed by atoms with Gasteiger partial charge in [-0.3, -0.25) is 14.6 Å². The van der Waals surface area contributed by atoms with Gasteiger partial charge in [0, 0.05) is 38.2 Å². The van der Waals surface area contributed by atoms with Crippen LogP contribution in [0.25, 0.3) is 11.5 Å². The molecule has 3 aromatic rings. The molecule has 3 aromatic heterocycles. The van der Waals surface area contributed by atoms with Gasteiger partial charge in [0.25, 0.3) is 11.5 Å². The number of rotatable bonds is 4. The van der Waals surface area contributed by atoms with Crippen molar-refractivity contribution in [3.8, 4) is 11.5 Å². The van der Waals surface area contributed by atoms with Gasteiger partial charge in [0.05, 0.1) is 24.8 Å². The third-order valence-corrected chi connectivity index (χ3v) is 5.94. The highest BCUT2D eigenvalue weighted by molar-refractivity contribution is 5.95. The van der Waals surface area contributed by atoms with Crippen LogP contribution in [-0.2, 0) is 24.2 Å². The van der Waals surface area contributed by atoms with Crippen LogP contribution in [0.4, 0.5) is 0 Å². The molecule has 2 aliphatic heterocycles. The summed E-state index contributed by atoms with van der Waals surface area (Å²) >= 11 is 0. The summed E-state index contributed by atoms with van der Waals surface area (Å²) < 4.78 is 13.2. The molecule has 1 unspecified atom stereocenters. The Morgan fingerprint density at radius 1 is 1.32 bits per heavy atom. The first-order chi connectivity index (χ1) is 15.1. The highest BCUT2D eigenvalue weighted by Crippen LogP contribution is 2.26. The fourth-order valence-electron chi connectivity index (χ4n) is 4.22. The number of pyridine rings is 2. The second-order valence-corrected chi connectivity index (χ2v) is 8.07. The number of aromatic nitrogens is 3. The van der Waals surface area contributed by atoms with Gasteiger partial charge in [-0.25, -0.2) is 4.98 Å². The molecular weight excluding hydrogens is 396 g/mol. The third-order valence-electron chi connectivity index (χ3n) is 5.94. The van der Waals surface area contributed by atoms with E-state index in [0.717, 1.165) is 36.5 Å². The van der Waals surface area contributed by atoms with Crippen molar-refractivity contribution in [3.63, 3.8) is 0 Å². The molecule has 1 fully saturated rings. The number of ether oxygens (including phenoxy) is 1. The molecule has 5 rings (SSSR count). The van der Waals surface area contributed by atoms with Crippen LogP contribution in [0, 0.1) is 6.92 Å². The van der Waals surface area contributed by atoms with E-state index in [1.54, 1.807) is 35.0 Å². The van der Waals surface area contributed by atoms with Crippen LogP contribution in [0.2, 0.25) is 0 Å². The van der Waals surface area contributed by atoms with E-state index in [9.17, 15) is 9.59 Å². The molecule has 2 aliphatic rings. The lowest BCUT2D eigenvalue weighted by Crippen LogP contribution is -2.40. The van der Waals surface area contributed by atoms with Crippen LogP contribution < -0.4 is 5.56 Å². The average Bonchev–Trinajstić information content (AvgIpc) is 3.45. The molecule has 5 heterocycles. The molecule has 31 heavy (non-hydrogen) atoms. The van der Waals surface area contributed by atoms with Gasteiger partial charge in [-0.2, -0.15) is 0 Å². The van der Waals surface area contributed by atoms with Crippen LogP contribution in [0.5, 0.6) is 0 Å². The molecular formula is C23H24N4O4. The number of fused-ring (bicyclic) bond motifs is 1. The Balaban J connectivity index is 1.39. The molecule has 0 saturated carbocycles. The summed E-state index contributed by atoms with van der Waals surface area (Å²) in [7, 11) is 0. The van der Waals surface area contributed by atoms with Gasteiger partial charge in [-0.1, -0.05) is 0 Å². The molecule has 1 amide bonds. The largest absolute Gasteiger partial charge is 0.441 e. The normalized spacial score (nSPS) is 18.2. The van der Waals surface area contributed by atoms with E-state index < -0.39 is 0 Å². The van der Waals surface area contributed by atoms with Gasteiger partial charge in [0.15, 0.2) is 0 Å². The van der Waals surface area contributed by atoms with Crippen molar-refractivity contribution in [2.24, 2.45) is 0 Å². The first-order valence-corrected chi connectivity index (χ1v) is 10.6. The van der Waals surface area contributed by atoms with Crippen molar-refractivity contribution in [1.29, 1.82) is 0 Å². The van der Waals surface area contributed by atoms with Crippen molar-refractivity contribution in [1.82, 2.24) is 19.4 Å². The van der Waals surface area contributed by atoms with Crippen LogP contribution in [0.15, 0.2) is 46.0 Å². The smallest absolute Gasteiger partial charge is 0.263 e. The Bertz CT molecular complexity index is 1160. The molecule has 8 nitrogen and oxygen atoms in total. The number of carbonyl (C=O) groups is 1. The highest BCUT2D eigenvalue weighted by Gasteiger charge is 2.29. The molecule has 8 heteroatoms. The van der Waals surface area contributed by atoms with E-state index in [1.165, 1.54) is 0 Å². The molecule has 1 saturated heterocycles. The van der Waals surface area contributed by atoms with E-state index in [2.05, 4.69) is 9.97 Å². The predicted molar refractivity (Wildman–Crippen MR) is 113 cm³/mol. The number of nitrogens with zero attached hydrogens (tertiary/aromatic N) is 4. The first kappa shape index (κ1) is 19.7. The summed E-state index contributed by atoms with van der Waals surface area (Å²) in [4.78, 5) is 36.8. The zero-order valence-electron chi connectivity index (χ0n) is 17.4. The predicted octanol–water partition coefficient (Wildman–Crippen LogP) is 2.58. The zero-order chi connectivity index (χ0) is 21.4. The molecule has 0 aromatic carbocycles. The van der Waals surface area contributed by atoms with E-state index in [-0.39, 0.29) is 23.1 Å². The number of hydrogen-bond acceptors (Lipinski definition) is 6. The minimum absolute atomic E-state index is 0.0296. The molecule has 0 N–H and O–H groups in total. The summed E-state index contributed by atoms with van der Waals surface area (Å²) in [5.41, 5.74) is 2.17. The van der Waals surface area contributed by atoms with E-state index in [1.807, 2.05) is 18.2 Å². The minimum atomic E-state index is -0.263. The van der Waals surface area contributed by atoms with Gasteiger partial charge in [0.1, 0.15) is 17.0 Å². The fourth-order valence-corrected chi connectivity index (χ4v) is 4.22. The van der Waals surface area contributed by atoms with Crippen LogP contribution in [0.1, 0.15) is 40.2 Å². The standard InChI is InChI=1S/C23H24N4O4/c1-15-6-9-26(13-17-5-3-11-30-17)22(28)20(15)23(29)27-10-7-19-18(14-27)25-21(31-19)16-4-2-8-24-12-16/h2,4,6,8-9,12,17H,3,5,7,10-11,13-14H2,1H3. The summed E-state index contributed by atoms with van der Waals surface area (Å²) in [5.74, 6) is 1.02. The maximum Gasteiger partial charge on any atom is 0.263 e. The topological polar surface area (TPSA) is 90.5 Å². The van der Waals surface area contributed by atoms with Gasteiger partial charge < -0.3 is 18.6 Å². The Hall–Kier alpha value is -3.26. The highest BCUT2D eigenvalue weighted by atomic mass is 16.5. The van der Waals surface area contributed by atoms with Crippen LogP contribution in [0.3, 0.4) is 0 Å². The maximum absolute atomic E-state index is 13.3. The number of oxazole rings is 1. The average molecular weight is 420 g/mol. The number of hydrogen-bond donors (Lipinski definition) is 0. The molecule has 0 radical (unpaired) electrons. The molecule has 0 spiro atoms. The molecule has 0 aliphatic carbocycles. The molecule has 160 valence electrons. The molecule has 1 atom stereocenters. The lowest BCUT2D eigenvalue weighted by molar-refractivity contribution is 0.0721. The Morgan fingerprint density at radius 2 is 2.23 bits per heavy atom. The summed E-state index contributed by atoms with van der Waals surface area (Å²) in [6.45, 7) is 3.80. The SMILES string of the molecule is Cc1ccn(CC2CCCO2)c(=O)c1C(=O)N1CCc2oc(-c3cccnc3)nc2C1. The van der Waals surface area contributed by atoms with Crippen LogP contribution in [-0.4, -0.2) is 44.6 Å². The second kappa shape index (κ2) is 8.11. The van der Waals surface area contributed by atoms with Gasteiger partial charge in [-0.05, 0) is 43.5 Å². The number of amides is 1. The van der Waals surface area contributed by atoms with Crippen molar-refractivity contribution in [2.45, 2.75) is 45.4 Å². The van der Waals surface area contributed by atoms with Crippen molar-refractivity contribution >= 4 is 5.91 Å². The Labute approximate surface area is 179 Å². The number of aryl methyl sites for hydroxylation is 1. The Morgan fingerprint density at radius 3 is 3.00 bits per heavy atom. The van der Waals surface area contributed by atoms with Gasteiger partial charge in [0.2, 0.25) is 5.89 Å². The number of carbonyl (C=O) groups excluding carboxylic acids is 1. The van der Waals surface area contributed by atoms with E-state index in [4.69, 9.17) is 9.15 Å². The first-order valence-electron chi connectivity index (χ1n) is 10.6. The van der Waals surface area contributed by atoms with E-state index in [0.29, 0.717) is 37.5 Å². The summed E-state index contributed by atoms with van der Waals surface area (Å²) in [5, 5.41) is 0. The van der Waals surface area contributed by atoms with Crippen molar-refractivity contribution in [2.75, 3.05) is 13.2 Å². The second-order valence-electron chi connectivity index (χ2n) is 8.07. The Kier molecular flexibility index (Phi) is 5.15. The van der Waals surface area contributed by atoms with E-state index >= 15 is 0 Å². The van der Waals surface area contributed by atoms with Crippen LogP contribution >= 0.6 is 0 Å². The molecule has 0 bridgehead atoms. The zero-order valence-corrected chi connectivity index (χ0v) is 17.4. The van der Waals surface area contributed by atoms with Gasteiger partial charge >= 0.3 is 0 Å². The summed E-state index contributed by atoms with van der Waals surface area (Å²) in [6.07, 6.45) is 7.68. The fraction of sp³-hybridized carbons (Fsp3) is 0.391. The lowest BCUT2D eigenvalue weighted by atomic mass is 10.1. The van der Waals surface area contributed by atoms with Gasteiger partial charge in [-0.15, -0.1) is 0 Å². The van der Waals surface area contributed by atoms with Crippen molar-refractivity contribution < 1.29 is 13.9 Å². The summed E-state index contributed by atoms with van der Waals surface area (Å²) in [6, 6.07) is 5.54. The lowest BCUT2D eigenvalue weighted by Gasteiger charge is -2.26.